The second-order valence-electron chi connectivity index (χ2n) is 8.17. The average Bonchev–Trinajstić information content (AvgIpc) is 2.61. The fourth-order valence-electron chi connectivity index (χ4n) is 3.70. The van der Waals surface area contributed by atoms with E-state index in [2.05, 4.69) is 6.92 Å². The molecule has 4 nitrogen and oxygen atoms in total. The minimum Gasteiger partial charge on any atom is -0.748 e. The van der Waals surface area contributed by atoms with Gasteiger partial charge in [0, 0.05) is 5.25 Å². The summed E-state index contributed by atoms with van der Waals surface area (Å²) in [4.78, 5) is 0. The molecule has 0 aliphatic carbocycles. The quantitative estimate of drug-likeness (QED) is 0.183. The van der Waals surface area contributed by atoms with Crippen LogP contribution in [0.5, 0.6) is 0 Å². The SMILES string of the molecule is CCCCCCCCC(O)CCCCCCCCCC(CCC)S(=O)(=O)[O-].[Na+]. The van der Waals surface area contributed by atoms with E-state index in [-0.39, 0.29) is 35.7 Å². The molecule has 0 saturated carbocycles. The predicted octanol–water partition coefficient (Wildman–Crippen LogP) is 3.33. The Hall–Kier alpha value is 0.870. The summed E-state index contributed by atoms with van der Waals surface area (Å²) in [6, 6.07) is 0. The molecule has 1 N–H and O–H groups in total. The van der Waals surface area contributed by atoms with Gasteiger partial charge < -0.3 is 9.66 Å². The molecule has 6 heteroatoms. The Morgan fingerprint density at radius 3 is 1.43 bits per heavy atom. The van der Waals surface area contributed by atoms with Crippen molar-refractivity contribution in [1.82, 2.24) is 0 Å². The Labute approximate surface area is 197 Å². The maximum Gasteiger partial charge on any atom is 1.00 e. The van der Waals surface area contributed by atoms with Crippen molar-refractivity contribution in [2.45, 2.75) is 141 Å². The van der Waals surface area contributed by atoms with Crippen LogP contribution in [-0.2, 0) is 10.1 Å². The van der Waals surface area contributed by atoms with E-state index in [0.717, 1.165) is 57.8 Å². The average molecular weight is 429 g/mol. The fraction of sp³-hybridized carbons (Fsp3) is 1.00. The Bertz CT molecular complexity index is 415. The van der Waals surface area contributed by atoms with Crippen molar-refractivity contribution in [3.05, 3.63) is 0 Å². The molecule has 0 radical (unpaired) electrons. The van der Waals surface area contributed by atoms with Gasteiger partial charge in [-0.3, -0.25) is 0 Å². The summed E-state index contributed by atoms with van der Waals surface area (Å²) in [6.45, 7) is 4.15. The maximum absolute atomic E-state index is 11.2. The Morgan fingerprint density at radius 2 is 1.04 bits per heavy atom. The van der Waals surface area contributed by atoms with Gasteiger partial charge >= 0.3 is 29.6 Å². The molecule has 0 aromatic rings. The Morgan fingerprint density at radius 1 is 0.643 bits per heavy atom. The minimum atomic E-state index is -4.13. The molecule has 2 unspecified atom stereocenters. The van der Waals surface area contributed by atoms with Crippen molar-refractivity contribution >= 4 is 10.1 Å². The van der Waals surface area contributed by atoms with Crippen LogP contribution in [0.15, 0.2) is 0 Å². The first-order valence-electron chi connectivity index (χ1n) is 11.5. The van der Waals surface area contributed by atoms with Crippen LogP contribution >= 0.6 is 0 Å². The van der Waals surface area contributed by atoms with Crippen LogP contribution in [0.4, 0.5) is 0 Å². The van der Waals surface area contributed by atoms with Gasteiger partial charge in [0.25, 0.3) is 0 Å². The zero-order valence-corrected chi connectivity index (χ0v) is 21.8. The third-order valence-corrected chi connectivity index (χ3v) is 6.76. The van der Waals surface area contributed by atoms with E-state index in [1.807, 2.05) is 6.92 Å². The number of hydrogen-bond donors (Lipinski definition) is 1. The molecule has 0 fully saturated rings. The van der Waals surface area contributed by atoms with E-state index in [1.165, 1.54) is 44.9 Å². The summed E-state index contributed by atoms with van der Waals surface area (Å²) < 4.78 is 33.5. The van der Waals surface area contributed by atoms with Gasteiger partial charge in [0.15, 0.2) is 0 Å². The molecule has 0 spiro atoms. The van der Waals surface area contributed by atoms with Crippen molar-refractivity contribution in [3.8, 4) is 0 Å². The summed E-state index contributed by atoms with van der Waals surface area (Å²) in [6.07, 6.45) is 18.7. The van der Waals surface area contributed by atoms with Crippen LogP contribution < -0.4 is 29.6 Å². The number of hydrogen-bond acceptors (Lipinski definition) is 4. The van der Waals surface area contributed by atoms with E-state index < -0.39 is 15.4 Å². The molecule has 0 bridgehead atoms. The van der Waals surface area contributed by atoms with Gasteiger partial charge in [0.2, 0.25) is 0 Å². The van der Waals surface area contributed by atoms with E-state index >= 15 is 0 Å². The molecule has 164 valence electrons. The van der Waals surface area contributed by atoms with Crippen molar-refractivity contribution < 1.29 is 47.6 Å². The van der Waals surface area contributed by atoms with Crippen LogP contribution in [0.25, 0.3) is 0 Å². The molecule has 0 aromatic carbocycles. The van der Waals surface area contributed by atoms with Crippen LogP contribution in [-0.4, -0.2) is 29.4 Å². The van der Waals surface area contributed by atoms with Gasteiger partial charge in [-0.25, -0.2) is 8.42 Å². The fourth-order valence-corrected chi connectivity index (χ4v) is 4.68. The maximum atomic E-state index is 11.2. The zero-order chi connectivity index (χ0) is 20.4. The first kappa shape index (κ1) is 31.1. The van der Waals surface area contributed by atoms with Gasteiger partial charge in [-0.2, -0.15) is 0 Å². The van der Waals surface area contributed by atoms with Crippen molar-refractivity contribution in [2.24, 2.45) is 0 Å². The smallest absolute Gasteiger partial charge is 0.748 e. The van der Waals surface area contributed by atoms with Crippen molar-refractivity contribution in [2.75, 3.05) is 0 Å². The number of unbranched alkanes of at least 4 members (excludes halogenated alkanes) is 11. The Kier molecular flexibility index (Phi) is 23.4. The molecule has 0 aliphatic heterocycles. The van der Waals surface area contributed by atoms with Gasteiger partial charge in [-0.15, -0.1) is 0 Å². The number of aliphatic hydroxyl groups is 1. The number of rotatable bonds is 20. The molecule has 2 atom stereocenters. The normalized spacial score (nSPS) is 13.9. The monoisotopic (exact) mass is 428 g/mol. The van der Waals surface area contributed by atoms with E-state index in [9.17, 15) is 18.1 Å². The van der Waals surface area contributed by atoms with Crippen LogP contribution in [0.1, 0.15) is 129 Å². The standard InChI is InChI=1S/C22H46O4S.Na/c1-3-5-6-7-11-14-18-21(23)19-15-12-9-8-10-13-16-20-22(17-4-2)27(24,25)26;/h21-23H,3-20H2,1-2H3,(H,24,25,26);/q;+1/p-1. The van der Waals surface area contributed by atoms with Gasteiger partial charge in [-0.05, 0) is 25.7 Å². The molecule has 0 rings (SSSR count). The second kappa shape index (κ2) is 21.1. The summed E-state index contributed by atoms with van der Waals surface area (Å²) in [5.74, 6) is 0. The van der Waals surface area contributed by atoms with Crippen LogP contribution in [0.2, 0.25) is 0 Å². The topological polar surface area (TPSA) is 77.4 Å². The predicted molar refractivity (Wildman–Crippen MR) is 114 cm³/mol. The van der Waals surface area contributed by atoms with E-state index in [1.54, 1.807) is 0 Å². The molecule has 0 saturated heterocycles. The van der Waals surface area contributed by atoms with Gasteiger partial charge in [-0.1, -0.05) is 104 Å². The minimum absolute atomic E-state index is 0. The summed E-state index contributed by atoms with van der Waals surface area (Å²) >= 11 is 0. The zero-order valence-electron chi connectivity index (χ0n) is 19.0. The molecular weight excluding hydrogens is 383 g/mol. The molecule has 0 amide bonds. The van der Waals surface area contributed by atoms with E-state index in [0.29, 0.717) is 12.8 Å². The molecule has 0 aromatic heterocycles. The van der Waals surface area contributed by atoms with E-state index in [4.69, 9.17) is 0 Å². The molecule has 0 aliphatic rings. The summed E-state index contributed by atoms with van der Waals surface area (Å²) in [7, 11) is -4.13. The van der Waals surface area contributed by atoms with Crippen molar-refractivity contribution in [1.29, 1.82) is 0 Å². The Balaban J connectivity index is 0. The third-order valence-electron chi connectivity index (χ3n) is 5.47. The molecule has 28 heavy (non-hydrogen) atoms. The summed E-state index contributed by atoms with van der Waals surface area (Å²) in [5.41, 5.74) is 0. The second-order valence-corrected chi connectivity index (χ2v) is 9.82. The largest absolute Gasteiger partial charge is 1.00 e. The molecule has 0 heterocycles. The number of aliphatic hydroxyl groups excluding tert-OH is 1. The van der Waals surface area contributed by atoms with Crippen molar-refractivity contribution in [3.63, 3.8) is 0 Å². The van der Waals surface area contributed by atoms with Crippen LogP contribution in [0, 0.1) is 0 Å². The first-order chi connectivity index (χ1) is 12.9. The third kappa shape index (κ3) is 20.2. The van der Waals surface area contributed by atoms with Gasteiger partial charge in [0.1, 0.15) is 0 Å². The van der Waals surface area contributed by atoms with Gasteiger partial charge in [0.05, 0.1) is 16.2 Å². The van der Waals surface area contributed by atoms with Crippen LogP contribution in [0.3, 0.4) is 0 Å². The first-order valence-corrected chi connectivity index (χ1v) is 13.0. The summed E-state index contributed by atoms with van der Waals surface area (Å²) in [5, 5.41) is 9.33. The molecular formula is C22H45NaO4S.